The van der Waals surface area contributed by atoms with Crippen LogP contribution in [-0.4, -0.2) is 42.2 Å². The maximum atomic E-state index is 13.1. The zero-order chi connectivity index (χ0) is 17.2. The van der Waals surface area contributed by atoms with Crippen LogP contribution in [0.25, 0.3) is 0 Å². The van der Waals surface area contributed by atoms with Crippen LogP contribution in [0.4, 0.5) is 13.2 Å². The molecule has 0 bridgehead atoms. The van der Waals surface area contributed by atoms with Crippen molar-refractivity contribution in [2.45, 2.75) is 44.9 Å². The minimum absolute atomic E-state index is 0.0979. The molecule has 0 saturated carbocycles. The lowest BCUT2D eigenvalue weighted by atomic mass is 9.98. The molecular formula is C16H21F3N2O2. The number of carbonyl (C=O) groups excluding carboxylic acids is 1. The highest BCUT2D eigenvalue weighted by molar-refractivity contribution is 5.78. The standard InChI is InChI=1S/C16H21F3N2O2/c1-10-3-5-13(7-11(10)2)23-9-15(22)21-8-12(20)4-6-14(21)16(17,18)19/h3,5,7,12,14H,4,6,8-9,20H2,1-2H3. The average molecular weight is 330 g/mol. The Balaban J connectivity index is 2.03. The van der Waals surface area contributed by atoms with Crippen molar-refractivity contribution in [1.82, 2.24) is 4.90 Å². The first kappa shape index (κ1) is 17.6. The Kier molecular flexibility index (Phi) is 5.19. The van der Waals surface area contributed by atoms with Gasteiger partial charge in [0.15, 0.2) is 6.61 Å². The van der Waals surface area contributed by atoms with E-state index in [1.54, 1.807) is 12.1 Å². The zero-order valence-corrected chi connectivity index (χ0v) is 13.2. The van der Waals surface area contributed by atoms with Crippen molar-refractivity contribution in [3.05, 3.63) is 29.3 Å². The van der Waals surface area contributed by atoms with Crippen molar-refractivity contribution in [1.29, 1.82) is 0 Å². The number of halogens is 3. The number of ether oxygens (including phenoxy) is 1. The number of piperidine rings is 1. The summed E-state index contributed by atoms with van der Waals surface area (Å²) in [5, 5.41) is 0. The third-order valence-electron chi connectivity index (χ3n) is 4.16. The molecule has 7 heteroatoms. The maximum absolute atomic E-state index is 13.1. The highest BCUT2D eigenvalue weighted by Gasteiger charge is 2.47. The number of alkyl halides is 3. The number of aryl methyl sites for hydroxylation is 2. The Bertz CT molecular complexity index is 575. The molecule has 1 aliphatic heterocycles. The SMILES string of the molecule is Cc1ccc(OCC(=O)N2CC(N)CCC2C(F)(F)F)cc1C. The molecule has 2 rings (SSSR count). The predicted octanol–water partition coefficient (Wildman–Crippen LogP) is 2.56. The fourth-order valence-electron chi connectivity index (χ4n) is 2.65. The van der Waals surface area contributed by atoms with Gasteiger partial charge in [-0.3, -0.25) is 4.79 Å². The van der Waals surface area contributed by atoms with Gasteiger partial charge in [-0.25, -0.2) is 0 Å². The summed E-state index contributed by atoms with van der Waals surface area (Å²) in [4.78, 5) is 13.0. The number of carbonyl (C=O) groups is 1. The van der Waals surface area contributed by atoms with Gasteiger partial charge < -0.3 is 15.4 Å². The van der Waals surface area contributed by atoms with Gasteiger partial charge in [0.2, 0.25) is 0 Å². The summed E-state index contributed by atoms with van der Waals surface area (Å²) >= 11 is 0. The van der Waals surface area contributed by atoms with Crippen LogP contribution in [0.1, 0.15) is 24.0 Å². The summed E-state index contributed by atoms with van der Waals surface area (Å²) < 4.78 is 44.5. The van der Waals surface area contributed by atoms with E-state index in [2.05, 4.69) is 0 Å². The molecule has 1 aliphatic rings. The third kappa shape index (κ3) is 4.37. The van der Waals surface area contributed by atoms with Crippen molar-refractivity contribution in [2.24, 2.45) is 5.73 Å². The van der Waals surface area contributed by atoms with Gasteiger partial charge in [0.25, 0.3) is 5.91 Å². The summed E-state index contributed by atoms with van der Waals surface area (Å²) in [7, 11) is 0. The number of nitrogens with two attached hydrogens (primary N) is 1. The minimum Gasteiger partial charge on any atom is -0.484 e. The van der Waals surface area contributed by atoms with Crippen LogP contribution in [0.3, 0.4) is 0 Å². The highest BCUT2D eigenvalue weighted by atomic mass is 19.4. The predicted molar refractivity (Wildman–Crippen MR) is 80.2 cm³/mol. The second kappa shape index (κ2) is 6.78. The van der Waals surface area contributed by atoms with E-state index in [-0.39, 0.29) is 19.4 Å². The van der Waals surface area contributed by atoms with Crippen LogP contribution < -0.4 is 10.5 Å². The summed E-state index contributed by atoms with van der Waals surface area (Å²) in [6.07, 6.45) is -4.36. The Hall–Kier alpha value is -1.76. The van der Waals surface area contributed by atoms with E-state index in [1.807, 2.05) is 19.9 Å². The summed E-state index contributed by atoms with van der Waals surface area (Å²) in [6.45, 7) is 3.31. The van der Waals surface area contributed by atoms with Crippen molar-refractivity contribution in [3.8, 4) is 5.75 Å². The average Bonchev–Trinajstić information content (AvgIpc) is 2.46. The summed E-state index contributed by atoms with van der Waals surface area (Å²) in [5.41, 5.74) is 7.77. The van der Waals surface area contributed by atoms with Gasteiger partial charge in [-0.2, -0.15) is 13.2 Å². The van der Waals surface area contributed by atoms with E-state index in [0.29, 0.717) is 5.75 Å². The largest absolute Gasteiger partial charge is 0.484 e. The number of likely N-dealkylation sites (tertiary alicyclic amines) is 1. The smallest absolute Gasteiger partial charge is 0.408 e. The van der Waals surface area contributed by atoms with Crippen LogP contribution >= 0.6 is 0 Å². The lowest BCUT2D eigenvalue weighted by Crippen LogP contribution is -2.57. The molecule has 2 N–H and O–H groups in total. The molecule has 1 amide bonds. The van der Waals surface area contributed by atoms with E-state index >= 15 is 0 Å². The van der Waals surface area contributed by atoms with E-state index in [1.165, 1.54) is 0 Å². The van der Waals surface area contributed by atoms with Crippen LogP contribution in [-0.2, 0) is 4.79 Å². The lowest BCUT2D eigenvalue weighted by Gasteiger charge is -2.39. The highest BCUT2D eigenvalue weighted by Crippen LogP contribution is 2.31. The maximum Gasteiger partial charge on any atom is 0.408 e. The molecule has 23 heavy (non-hydrogen) atoms. The molecule has 2 unspecified atom stereocenters. The number of amides is 1. The fourth-order valence-corrected chi connectivity index (χ4v) is 2.65. The Morgan fingerprint density at radius 3 is 2.61 bits per heavy atom. The molecule has 1 aromatic rings. The quantitative estimate of drug-likeness (QED) is 0.927. The molecule has 128 valence electrons. The van der Waals surface area contributed by atoms with Gasteiger partial charge in [-0.05, 0) is 49.9 Å². The molecule has 1 heterocycles. The van der Waals surface area contributed by atoms with Crippen molar-refractivity contribution >= 4 is 5.91 Å². The molecule has 2 atom stereocenters. The number of hydrogen-bond donors (Lipinski definition) is 1. The van der Waals surface area contributed by atoms with E-state index in [4.69, 9.17) is 10.5 Å². The van der Waals surface area contributed by atoms with Gasteiger partial charge in [-0.1, -0.05) is 6.07 Å². The van der Waals surface area contributed by atoms with E-state index in [0.717, 1.165) is 16.0 Å². The molecule has 4 nitrogen and oxygen atoms in total. The number of rotatable bonds is 3. The summed E-state index contributed by atoms with van der Waals surface area (Å²) in [5.74, 6) is -0.230. The molecule has 1 saturated heterocycles. The second-order valence-corrected chi connectivity index (χ2v) is 5.98. The molecule has 0 aromatic heterocycles. The first-order valence-electron chi connectivity index (χ1n) is 7.50. The van der Waals surface area contributed by atoms with E-state index in [9.17, 15) is 18.0 Å². The van der Waals surface area contributed by atoms with Gasteiger partial charge in [-0.15, -0.1) is 0 Å². The number of benzene rings is 1. The van der Waals surface area contributed by atoms with Crippen molar-refractivity contribution in [2.75, 3.05) is 13.2 Å². The monoisotopic (exact) mass is 330 g/mol. The first-order chi connectivity index (χ1) is 10.7. The Morgan fingerprint density at radius 1 is 1.30 bits per heavy atom. The Morgan fingerprint density at radius 2 is 2.00 bits per heavy atom. The first-order valence-corrected chi connectivity index (χ1v) is 7.50. The topological polar surface area (TPSA) is 55.6 Å². The van der Waals surface area contributed by atoms with Crippen molar-refractivity contribution < 1.29 is 22.7 Å². The fraction of sp³-hybridized carbons (Fsp3) is 0.562. The Labute approximate surface area is 133 Å². The molecule has 0 spiro atoms. The van der Waals surface area contributed by atoms with Gasteiger partial charge >= 0.3 is 6.18 Å². The van der Waals surface area contributed by atoms with Gasteiger partial charge in [0, 0.05) is 12.6 Å². The van der Waals surface area contributed by atoms with Crippen LogP contribution in [0.5, 0.6) is 5.75 Å². The zero-order valence-electron chi connectivity index (χ0n) is 13.2. The van der Waals surface area contributed by atoms with Crippen LogP contribution in [0.15, 0.2) is 18.2 Å². The van der Waals surface area contributed by atoms with Crippen molar-refractivity contribution in [3.63, 3.8) is 0 Å². The van der Waals surface area contributed by atoms with E-state index < -0.39 is 30.8 Å². The lowest BCUT2D eigenvalue weighted by molar-refractivity contribution is -0.197. The molecule has 0 aliphatic carbocycles. The number of nitrogens with zero attached hydrogens (tertiary/aromatic N) is 1. The van der Waals surface area contributed by atoms with Gasteiger partial charge in [0.05, 0.1) is 0 Å². The van der Waals surface area contributed by atoms with Crippen LogP contribution in [0, 0.1) is 13.8 Å². The third-order valence-corrected chi connectivity index (χ3v) is 4.16. The molecule has 0 radical (unpaired) electrons. The summed E-state index contributed by atoms with van der Waals surface area (Å²) in [6, 6.07) is 3.08. The molecule has 1 aromatic carbocycles. The number of hydrogen-bond acceptors (Lipinski definition) is 3. The normalized spacial score (nSPS) is 22.1. The second-order valence-electron chi connectivity index (χ2n) is 5.98. The molecule has 1 fully saturated rings. The molecular weight excluding hydrogens is 309 g/mol. The van der Waals surface area contributed by atoms with Gasteiger partial charge in [0.1, 0.15) is 11.8 Å². The van der Waals surface area contributed by atoms with Crippen LogP contribution in [0.2, 0.25) is 0 Å². The minimum atomic E-state index is -4.45.